The minimum atomic E-state index is -0.252. The molecule has 1 N–H and O–H groups in total. The lowest BCUT2D eigenvalue weighted by Gasteiger charge is -2.23. The lowest BCUT2D eigenvalue weighted by molar-refractivity contribution is -0.122. The van der Waals surface area contributed by atoms with Crippen LogP contribution in [-0.2, 0) is 14.3 Å². The number of rotatable bonds is 2. The topological polar surface area (TPSA) is 58.6 Å². The maximum absolute atomic E-state index is 12.0. The van der Waals surface area contributed by atoms with Crippen LogP contribution in [0.15, 0.2) is 24.3 Å². The number of nitrogens with zero attached hydrogens (tertiary/aromatic N) is 1. The Morgan fingerprint density at radius 3 is 2.94 bits per heavy atom. The van der Waals surface area contributed by atoms with Gasteiger partial charge in [0, 0.05) is 13.7 Å². The first kappa shape index (κ1) is 12.6. The molecule has 18 heavy (non-hydrogen) atoms. The Labute approximate surface area is 106 Å². The number of carbonyl (C=O) groups is 2. The Hall–Kier alpha value is -1.88. The first-order valence-corrected chi connectivity index (χ1v) is 5.82. The van der Waals surface area contributed by atoms with Crippen molar-refractivity contribution in [3.8, 4) is 0 Å². The monoisotopic (exact) mass is 248 g/mol. The van der Waals surface area contributed by atoms with E-state index in [-0.39, 0.29) is 24.3 Å². The van der Waals surface area contributed by atoms with Gasteiger partial charge in [0.25, 0.3) is 5.91 Å². The maximum atomic E-state index is 12.0. The predicted octanol–water partition coefficient (Wildman–Crippen LogP) is 1.25. The summed E-state index contributed by atoms with van der Waals surface area (Å²) in [6.45, 7) is 2.18. The molecule has 0 fully saturated rings. The van der Waals surface area contributed by atoms with E-state index < -0.39 is 0 Å². The number of benzene rings is 1. The van der Waals surface area contributed by atoms with Crippen LogP contribution < -0.4 is 10.2 Å². The molecule has 5 heteroatoms. The van der Waals surface area contributed by atoms with Gasteiger partial charge in [-0.3, -0.25) is 9.59 Å². The van der Waals surface area contributed by atoms with Crippen LogP contribution in [0.5, 0.6) is 0 Å². The van der Waals surface area contributed by atoms with Crippen LogP contribution in [0.25, 0.3) is 0 Å². The largest absolute Gasteiger partial charge is 0.375 e. The Kier molecular flexibility index (Phi) is 3.62. The molecule has 96 valence electrons. The highest BCUT2D eigenvalue weighted by atomic mass is 16.5. The van der Waals surface area contributed by atoms with Crippen molar-refractivity contribution in [1.82, 2.24) is 0 Å². The zero-order valence-corrected chi connectivity index (χ0v) is 10.5. The summed E-state index contributed by atoms with van der Waals surface area (Å²) in [4.78, 5) is 25.4. The molecule has 1 heterocycles. The predicted molar refractivity (Wildman–Crippen MR) is 68.5 cm³/mol. The van der Waals surface area contributed by atoms with Crippen molar-refractivity contribution in [2.24, 2.45) is 5.92 Å². The summed E-state index contributed by atoms with van der Waals surface area (Å²) in [5.74, 6) is -0.471. The summed E-state index contributed by atoms with van der Waals surface area (Å²) in [7, 11) is 1.48. The van der Waals surface area contributed by atoms with Gasteiger partial charge in [0.2, 0.25) is 5.91 Å². The third-order valence-electron chi connectivity index (χ3n) is 2.93. The molecule has 0 radical (unpaired) electrons. The van der Waals surface area contributed by atoms with Crippen LogP contribution in [-0.4, -0.2) is 32.1 Å². The molecule has 1 aromatic rings. The van der Waals surface area contributed by atoms with Gasteiger partial charge >= 0.3 is 0 Å². The van der Waals surface area contributed by atoms with Gasteiger partial charge in [-0.2, -0.15) is 0 Å². The van der Waals surface area contributed by atoms with E-state index in [1.54, 1.807) is 17.9 Å². The number of ether oxygens (including phenoxy) is 1. The van der Waals surface area contributed by atoms with Crippen LogP contribution in [0.2, 0.25) is 0 Å². The van der Waals surface area contributed by atoms with Crippen molar-refractivity contribution < 1.29 is 14.3 Å². The van der Waals surface area contributed by atoms with Gasteiger partial charge in [-0.05, 0) is 12.1 Å². The minimum Gasteiger partial charge on any atom is -0.375 e. The fraction of sp³-hybridized carbons (Fsp3) is 0.385. The van der Waals surface area contributed by atoms with Gasteiger partial charge in [-0.1, -0.05) is 19.1 Å². The molecule has 0 aromatic heterocycles. The Morgan fingerprint density at radius 1 is 1.50 bits per heavy atom. The summed E-state index contributed by atoms with van der Waals surface area (Å²) in [5.41, 5.74) is 1.38. The average molecular weight is 248 g/mol. The molecule has 2 amide bonds. The second kappa shape index (κ2) is 5.18. The van der Waals surface area contributed by atoms with Crippen molar-refractivity contribution in [2.75, 3.05) is 30.5 Å². The maximum Gasteiger partial charge on any atom is 0.253 e. The van der Waals surface area contributed by atoms with Crippen LogP contribution >= 0.6 is 0 Å². The number of fused-ring (bicyclic) bond motifs is 1. The number of anilines is 2. The first-order chi connectivity index (χ1) is 8.63. The number of methoxy groups -OCH3 is 1. The summed E-state index contributed by atoms with van der Waals surface area (Å²) in [5, 5.41) is 2.83. The SMILES string of the molecule is COCC(=O)N1CC(C)C(=O)Nc2ccccc21. The molecule has 5 nitrogen and oxygen atoms in total. The summed E-state index contributed by atoms with van der Waals surface area (Å²) >= 11 is 0. The fourth-order valence-electron chi connectivity index (χ4n) is 1.96. The average Bonchev–Trinajstić information content (AvgIpc) is 2.48. The van der Waals surface area contributed by atoms with E-state index in [1.165, 1.54) is 7.11 Å². The fourth-order valence-corrected chi connectivity index (χ4v) is 1.96. The van der Waals surface area contributed by atoms with Crippen LogP contribution in [0.4, 0.5) is 11.4 Å². The van der Waals surface area contributed by atoms with E-state index in [0.717, 1.165) is 5.69 Å². The van der Waals surface area contributed by atoms with Crippen LogP contribution in [0.1, 0.15) is 6.92 Å². The van der Waals surface area contributed by atoms with E-state index in [2.05, 4.69) is 5.32 Å². The van der Waals surface area contributed by atoms with E-state index >= 15 is 0 Å². The highest BCUT2D eigenvalue weighted by Crippen LogP contribution is 2.29. The molecule has 0 bridgehead atoms. The summed E-state index contributed by atoms with van der Waals surface area (Å²) in [6.07, 6.45) is 0. The molecule has 1 aliphatic rings. The van der Waals surface area contributed by atoms with E-state index in [0.29, 0.717) is 12.2 Å². The molecular weight excluding hydrogens is 232 g/mol. The van der Waals surface area contributed by atoms with E-state index in [4.69, 9.17) is 4.74 Å². The van der Waals surface area contributed by atoms with Crippen molar-refractivity contribution in [2.45, 2.75) is 6.92 Å². The minimum absolute atomic E-state index is 0.00917. The summed E-state index contributed by atoms with van der Waals surface area (Å²) < 4.78 is 4.88. The highest BCUT2D eigenvalue weighted by molar-refractivity contribution is 6.04. The highest BCUT2D eigenvalue weighted by Gasteiger charge is 2.28. The molecular formula is C13H16N2O3. The smallest absolute Gasteiger partial charge is 0.253 e. The molecule has 0 saturated carbocycles. The van der Waals surface area contributed by atoms with Gasteiger partial charge in [-0.15, -0.1) is 0 Å². The second-order valence-electron chi connectivity index (χ2n) is 4.34. The Bertz CT molecular complexity index is 473. The molecule has 1 aromatic carbocycles. The van der Waals surface area contributed by atoms with Gasteiger partial charge in [0.05, 0.1) is 17.3 Å². The lowest BCUT2D eigenvalue weighted by atomic mass is 10.1. The number of hydrogen-bond donors (Lipinski definition) is 1. The first-order valence-electron chi connectivity index (χ1n) is 5.82. The molecule has 0 aliphatic carbocycles. The third kappa shape index (κ3) is 2.36. The van der Waals surface area contributed by atoms with Gasteiger partial charge in [-0.25, -0.2) is 0 Å². The number of nitrogens with one attached hydrogen (secondary N) is 1. The zero-order chi connectivity index (χ0) is 13.1. The molecule has 1 atom stereocenters. The molecule has 0 spiro atoms. The van der Waals surface area contributed by atoms with Crippen molar-refractivity contribution >= 4 is 23.2 Å². The molecule has 1 aliphatic heterocycles. The Balaban J connectivity index is 2.39. The lowest BCUT2D eigenvalue weighted by Crippen LogP contribution is -2.37. The van der Waals surface area contributed by atoms with Gasteiger partial charge in [0.15, 0.2) is 0 Å². The van der Waals surface area contributed by atoms with Gasteiger partial charge in [0.1, 0.15) is 6.61 Å². The van der Waals surface area contributed by atoms with Crippen LogP contribution in [0, 0.1) is 5.92 Å². The van der Waals surface area contributed by atoms with Crippen molar-refractivity contribution in [1.29, 1.82) is 0 Å². The van der Waals surface area contributed by atoms with Crippen molar-refractivity contribution in [3.05, 3.63) is 24.3 Å². The van der Waals surface area contributed by atoms with Crippen LogP contribution in [0.3, 0.4) is 0 Å². The number of para-hydroxylation sites is 2. The Morgan fingerprint density at radius 2 is 2.22 bits per heavy atom. The van der Waals surface area contributed by atoms with E-state index in [9.17, 15) is 9.59 Å². The van der Waals surface area contributed by atoms with E-state index in [1.807, 2.05) is 18.2 Å². The number of amides is 2. The van der Waals surface area contributed by atoms with Crippen molar-refractivity contribution in [3.63, 3.8) is 0 Å². The second-order valence-corrected chi connectivity index (χ2v) is 4.34. The molecule has 1 unspecified atom stereocenters. The number of carbonyl (C=O) groups excluding carboxylic acids is 2. The third-order valence-corrected chi connectivity index (χ3v) is 2.93. The zero-order valence-electron chi connectivity index (χ0n) is 10.5. The van der Waals surface area contributed by atoms with Gasteiger partial charge < -0.3 is 15.0 Å². The number of hydrogen-bond acceptors (Lipinski definition) is 3. The molecule has 2 rings (SSSR count). The summed E-state index contributed by atoms with van der Waals surface area (Å²) in [6, 6.07) is 7.28. The quantitative estimate of drug-likeness (QED) is 0.857. The standard InChI is InChI=1S/C13H16N2O3/c1-9-7-15(12(16)8-18-2)11-6-4-3-5-10(11)14-13(9)17/h3-6,9H,7-8H2,1-2H3,(H,14,17). The normalized spacial score (nSPS) is 18.9. The molecule has 0 saturated heterocycles.